The molecule has 26 heavy (non-hydrogen) atoms. The van der Waals surface area contributed by atoms with Crippen LogP contribution in [0.5, 0.6) is 5.75 Å². The van der Waals surface area contributed by atoms with E-state index >= 15 is 0 Å². The lowest BCUT2D eigenvalue weighted by molar-refractivity contribution is -0.121. The van der Waals surface area contributed by atoms with E-state index in [4.69, 9.17) is 4.74 Å². The van der Waals surface area contributed by atoms with Crippen molar-refractivity contribution in [3.8, 4) is 5.75 Å². The Kier molecular flexibility index (Phi) is 5.37. The fourth-order valence-corrected chi connectivity index (χ4v) is 3.07. The van der Waals surface area contributed by atoms with Crippen LogP contribution >= 0.6 is 15.9 Å². The molecule has 0 spiro atoms. The van der Waals surface area contributed by atoms with Gasteiger partial charge in [0.2, 0.25) is 5.91 Å². The second kappa shape index (κ2) is 7.70. The van der Waals surface area contributed by atoms with Crippen LogP contribution in [-0.2, 0) is 9.59 Å². The van der Waals surface area contributed by atoms with Crippen LogP contribution in [-0.4, -0.2) is 30.7 Å². The van der Waals surface area contributed by atoms with E-state index in [9.17, 15) is 14.4 Å². The molecule has 0 aliphatic carbocycles. The van der Waals surface area contributed by atoms with Crippen molar-refractivity contribution in [1.82, 2.24) is 0 Å². The number of Topliss-reactive ketones (excluding diaryl/α,β-unsaturated/α-hetero) is 1. The number of ketones is 1. The molecule has 1 heterocycles. The lowest BCUT2D eigenvalue weighted by Crippen LogP contribution is -2.40. The number of benzene rings is 2. The molecule has 0 atom stereocenters. The predicted octanol–water partition coefficient (Wildman–Crippen LogP) is 3.41. The summed E-state index contributed by atoms with van der Waals surface area (Å²) in [7, 11) is 0. The van der Waals surface area contributed by atoms with Gasteiger partial charge in [0.25, 0.3) is 5.91 Å². The summed E-state index contributed by atoms with van der Waals surface area (Å²) in [4.78, 5) is 37.5. The lowest BCUT2D eigenvalue weighted by Gasteiger charge is -2.29. The van der Waals surface area contributed by atoms with Crippen LogP contribution in [0.4, 0.5) is 11.4 Å². The van der Waals surface area contributed by atoms with Gasteiger partial charge in [-0.15, -0.1) is 0 Å². The van der Waals surface area contributed by atoms with Crippen LogP contribution in [0.15, 0.2) is 46.9 Å². The highest BCUT2D eigenvalue weighted by Gasteiger charge is 2.26. The Hall–Kier alpha value is -2.67. The summed E-state index contributed by atoms with van der Waals surface area (Å²) in [6.07, 6.45) is 0.127. The molecule has 0 saturated carbocycles. The molecule has 7 heteroatoms. The number of carbonyl (C=O) groups is 3. The maximum Gasteiger partial charge on any atom is 0.265 e. The Labute approximate surface area is 159 Å². The van der Waals surface area contributed by atoms with E-state index in [1.807, 2.05) is 12.1 Å². The first-order valence-electron chi connectivity index (χ1n) is 8.07. The summed E-state index contributed by atoms with van der Waals surface area (Å²) in [5.41, 5.74) is 1.69. The molecule has 1 N–H and O–H groups in total. The van der Waals surface area contributed by atoms with Crippen LogP contribution in [0.3, 0.4) is 0 Å². The number of rotatable bonds is 5. The van der Waals surface area contributed by atoms with Gasteiger partial charge in [-0.05, 0) is 43.3 Å². The number of ether oxygens (including phenoxy) is 1. The normalized spacial score (nSPS) is 13.0. The maximum absolute atomic E-state index is 12.2. The third-order valence-corrected chi connectivity index (χ3v) is 4.47. The average molecular weight is 417 g/mol. The van der Waals surface area contributed by atoms with Crippen LogP contribution in [0.25, 0.3) is 0 Å². The number of carbonyl (C=O) groups excluding carboxylic acids is 3. The number of hydrogen-bond acceptors (Lipinski definition) is 4. The third-order valence-electron chi connectivity index (χ3n) is 3.98. The maximum atomic E-state index is 12.2. The second-order valence-corrected chi connectivity index (χ2v) is 6.80. The minimum atomic E-state index is -0.242. The van der Waals surface area contributed by atoms with E-state index in [0.717, 1.165) is 4.47 Å². The molecule has 3 rings (SSSR count). The fourth-order valence-electron chi connectivity index (χ4n) is 2.67. The highest BCUT2D eigenvalue weighted by molar-refractivity contribution is 9.10. The molecule has 1 aliphatic rings. The Morgan fingerprint density at radius 3 is 2.77 bits per heavy atom. The minimum Gasteiger partial charge on any atom is -0.482 e. The first-order chi connectivity index (χ1) is 12.4. The summed E-state index contributed by atoms with van der Waals surface area (Å²) in [5.74, 6) is -0.0136. The first kappa shape index (κ1) is 18.1. The first-order valence-corrected chi connectivity index (χ1v) is 8.87. The smallest absolute Gasteiger partial charge is 0.265 e. The standard InChI is InChI=1S/C19H17BrN2O4/c1-12(23)13-5-6-17-16(9-13)22(19(25)11-26-17)8-7-18(24)21-15-4-2-3-14(20)10-15/h2-6,9-10H,7-8,11H2,1H3,(H,21,24). The summed E-state index contributed by atoms with van der Waals surface area (Å²) in [6.45, 7) is 1.58. The monoisotopic (exact) mass is 416 g/mol. The molecule has 6 nitrogen and oxygen atoms in total. The SMILES string of the molecule is CC(=O)c1ccc2c(c1)N(CCC(=O)Nc1cccc(Br)c1)C(=O)CO2. The van der Waals surface area contributed by atoms with Crippen molar-refractivity contribution in [2.24, 2.45) is 0 Å². The molecule has 2 aromatic carbocycles. The topological polar surface area (TPSA) is 75.7 Å². The van der Waals surface area contributed by atoms with Crippen molar-refractivity contribution in [1.29, 1.82) is 0 Å². The summed E-state index contributed by atoms with van der Waals surface area (Å²) >= 11 is 3.35. The highest BCUT2D eigenvalue weighted by atomic mass is 79.9. The van der Waals surface area contributed by atoms with E-state index in [1.54, 1.807) is 30.3 Å². The zero-order chi connectivity index (χ0) is 18.7. The van der Waals surface area contributed by atoms with Gasteiger partial charge in [0, 0.05) is 28.7 Å². The molecule has 134 valence electrons. The van der Waals surface area contributed by atoms with Crippen molar-refractivity contribution >= 4 is 44.9 Å². The predicted molar refractivity (Wildman–Crippen MR) is 102 cm³/mol. The molecule has 0 radical (unpaired) electrons. The highest BCUT2D eigenvalue weighted by Crippen LogP contribution is 2.33. The zero-order valence-corrected chi connectivity index (χ0v) is 15.7. The van der Waals surface area contributed by atoms with E-state index < -0.39 is 0 Å². The molecular formula is C19H17BrN2O4. The molecule has 0 fully saturated rings. The van der Waals surface area contributed by atoms with Gasteiger partial charge >= 0.3 is 0 Å². The zero-order valence-electron chi connectivity index (χ0n) is 14.1. The Bertz CT molecular complexity index is 882. The summed E-state index contributed by atoms with van der Waals surface area (Å²) in [6, 6.07) is 12.2. The Morgan fingerprint density at radius 1 is 1.23 bits per heavy atom. The molecule has 2 amide bonds. The summed E-state index contributed by atoms with van der Waals surface area (Å²) < 4.78 is 6.27. The number of amides is 2. The lowest BCUT2D eigenvalue weighted by atomic mass is 10.1. The second-order valence-electron chi connectivity index (χ2n) is 5.88. The van der Waals surface area contributed by atoms with Gasteiger partial charge in [0.05, 0.1) is 5.69 Å². The number of halogens is 1. The van der Waals surface area contributed by atoms with Crippen molar-refractivity contribution < 1.29 is 19.1 Å². The molecular weight excluding hydrogens is 400 g/mol. The Morgan fingerprint density at radius 2 is 2.04 bits per heavy atom. The average Bonchev–Trinajstić information content (AvgIpc) is 2.60. The molecule has 1 aliphatic heterocycles. The van der Waals surface area contributed by atoms with Gasteiger partial charge in [-0.1, -0.05) is 22.0 Å². The van der Waals surface area contributed by atoms with Gasteiger partial charge in [-0.2, -0.15) is 0 Å². The molecule has 0 bridgehead atoms. The quantitative estimate of drug-likeness (QED) is 0.757. The van der Waals surface area contributed by atoms with Crippen LogP contribution in [0.2, 0.25) is 0 Å². The number of hydrogen-bond donors (Lipinski definition) is 1. The molecule has 0 saturated heterocycles. The van der Waals surface area contributed by atoms with E-state index in [0.29, 0.717) is 22.7 Å². The number of nitrogens with one attached hydrogen (secondary N) is 1. The third kappa shape index (κ3) is 4.11. The van der Waals surface area contributed by atoms with Crippen LogP contribution in [0.1, 0.15) is 23.7 Å². The number of nitrogens with zero attached hydrogens (tertiary/aromatic N) is 1. The molecule has 2 aromatic rings. The molecule has 0 aromatic heterocycles. The van der Waals surface area contributed by atoms with Gasteiger partial charge in [0.15, 0.2) is 12.4 Å². The van der Waals surface area contributed by atoms with Gasteiger partial charge in [0.1, 0.15) is 5.75 Å². The number of fused-ring (bicyclic) bond motifs is 1. The van der Waals surface area contributed by atoms with Gasteiger partial charge in [-0.3, -0.25) is 14.4 Å². The van der Waals surface area contributed by atoms with Crippen molar-refractivity contribution in [3.05, 3.63) is 52.5 Å². The fraction of sp³-hybridized carbons (Fsp3) is 0.211. The van der Waals surface area contributed by atoms with Crippen molar-refractivity contribution in [3.63, 3.8) is 0 Å². The van der Waals surface area contributed by atoms with Gasteiger partial charge < -0.3 is 15.0 Å². The van der Waals surface area contributed by atoms with Gasteiger partial charge in [-0.25, -0.2) is 0 Å². The van der Waals surface area contributed by atoms with E-state index in [-0.39, 0.29) is 37.2 Å². The van der Waals surface area contributed by atoms with Crippen molar-refractivity contribution in [2.75, 3.05) is 23.4 Å². The van der Waals surface area contributed by atoms with Crippen LogP contribution < -0.4 is 15.0 Å². The largest absolute Gasteiger partial charge is 0.482 e. The number of anilines is 2. The molecule has 0 unspecified atom stereocenters. The van der Waals surface area contributed by atoms with E-state index in [2.05, 4.69) is 21.2 Å². The summed E-state index contributed by atoms with van der Waals surface area (Å²) in [5, 5.41) is 2.80. The van der Waals surface area contributed by atoms with Crippen molar-refractivity contribution in [2.45, 2.75) is 13.3 Å². The Balaban J connectivity index is 1.71. The van der Waals surface area contributed by atoms with E-state index in [1.165, 1.54) is 11.8 Å². The minimum absolute atomic E-state index is 0.0837. The van der Waals surface area contributed by atoms with Crippen LogP contribution in [0, 0.1) is 0 Å².